The maximum Gasteiger partial charge on any atom is 0.237 e. The predicted molar refractivity (Wildman–Crippen MR) is 118 cm³/mol. The Labute approximate surface area is 186 Å². The van der Waals surface area contributed by atoms with Crippen LogP contribution in [-0.4, -0.2) is 36.1 Å². The number of nitrogens with one attached hydrogen (secondary N) is 1. The molecular weight excluding hydrogens is 454 g/mol. The molecule has 0 bridgehead atoms. The Morgan fingerprint density at radius 3 is 1.91 bits per heavy atom. The van der Waals surface area contributed by atoms with E-state index in [0.29, 0.717) is 17.2 Å². The monoisotopic (exact) mass is 475 g/mol. The normalized spacial score (nSPS) is 11.6. The fraction of sp³-hybridized carbons (Fsp3) is 0.136. The molecule has 0 heterocycles. The van der Waals surface area contributed by atoms with Crippen LogP contribution < -0.4 is 14.2 Å². The topological polar surface area (TPSA) is 116 Å². The first-order chi connectivity index (χ1) is 15.1. The molecule has 0 fully saturated rings. The number of amides is 1. The summed E-state index contributed by atoms with van der Waals surface area (Å²) in [5.41, 5.74) is 0.187. The fourth-order valence-corrected chi connectivity index (χ4v) is 4.90. The predicted octanol–water partition coefficient (Wildman–Crippen LogP) is 2.94. The van der Waals surface area contributed by atoms with Crippen LogP contribution in [0.3, 0.4) is 0 Å². The van der Waals surface area contributed by atoms with Crippen molar-refractivity contribution in [2.24, 2.45) is 0 Å². The SMILES string of the molecule is COc1ccc(Oc2ccc(S(=O)(=O)c3ccccc3CC(=O)NS(C)(=O)=O)cc2)cc1. The molecule has 3 aromatic carbocycles. The van der Waals surface area contributed by atoms with E-state index in [2.05, 4.69) is 0 Å². The molecule has 0 aliphatic heterocycles. The minimum absolute atomic E-state index is 0.00977. The van der Waals surface area contributed by atoms with Crippen LogP contribution in [0.5, 0.6) is 17.2 Å². The Balaban J connectivity index is 1.82. The zero-order valence-corrected chi connectivity index (χ0v) is 18.9. The number of sulfone groups is 1. The Bertz CT molecular complexity index is 1320. The smallest absolute Gasteiger partial charge is 0.237 e. The van der Waals surface area contributed by atoms with E-state index in [4.69, 9.17) is 9.47 Å². The largest absolute Gasteiger partial charge is 0.497 e. The molecule has 0 aliphatic carbocycles. The summed E-state index contributed by atoms with van der Waals surface area (Å²) in [4.78, 5) is 11.9. The van der Waals surface area contributed by atoms with Crippen LogP contribution in [0.4, 0.5) is 0 Å². The summed E-state index contributed by atoms with van der Waals surface area (Å²) in [7, 11) is -6.15. The number of carbonyl (C=O) groups is 1. The van der Waals surface area contributed by atoms with E-state index in [-0.39, 0.29) is 15.4 Å². The molecule has 1 N–H and O–H groups in total. The highest BCUT2D eigenvalue weighted by Gasteiger charge is 2.23. The summed E-state index contributed by atoms with van der Waals surface area (Å²) in [5, 5.41) is 0. The first-order valence-electron chi connectivity index (χ1n) is 9.34. The molecule has 0 atom stereocenters. The summed E-state index contributed by atoms with van der Waals surface area (Å²) >= 11 is 0. The van der Waals surface area contributed by atoms with Crippen LogP contribution in [0.2, 0.25) is 0 Å². The number of methoxy groups -OCH3 is 1. The summed E-state index contributed by atoms with van der Waals surface area (Å²) in [6, 6.07) is 18.7. The van der Waals surface area contributed by atoms with Gasteiger partial charge in [0.15, 0.2) is 0 Å². The van der Waals surface area contributed by atoms with Gasteiger partial charge in [-0.25, -0.2) is 16.8 Å². The van der Waals surface area contributed by atoms with Crippen molar-refractivity contribution in [1.29, 1.82) is 0 Å². The average Bonchev–Trinajstić information content (AvgIpc) is 2.73. The van der Waals surface area contributed by atoms with Crippen LogP contribution in [0.1, 0.15) is 5.56 Å². The molecule has 0 saturated heterocycles. The standard InChI is InChI=1S/C22H21NO7S2/c1-29-17-7-9-18(10-8-17)30-19-11-13-20(14-12-19)32(27,28)21-6-4-3-5-16(21)15-22(24)23-31(2,25)26/h3-14H,15H2,1-2H3,(H,23,24). The van der Waals surface area contributed by atoms with Gasteiger partial charge < -0.3 is 9.47 Å². The minimum Gasteiger partial charge on any atom is -0.497 e. The summed E-state index contributed by atoms with van der Waals surface area (Å²) in [6.45, 7) is 0. The van der Waals surface area contributed by atoms with E-state index in [1.807, 2.05) is 4.72 Å². The number of rotatable bonds is 8. The van der Waals surface area contributed by atoms with Crippen molar-refractivity contribution in [2.75, 3.05) is 13.4 Å². The lowest BCUT2D eigenvalue weighted by atomic mass is 10.1. The van der Waals surface area contributed by atoms with Crippen molar-refractivity contribution in [3.63, 3.8) is 0 Å². The maximum absolute atomic E-state index is 13.2. The van der Waals surface area contributed by atoms with Crippen LogP contribution in [0.15, 0.2) is 82.6 Å². The zero-order valence-electron chi connectivity index (χ0n) is 17.3. The van der Waals surface area contributed by atoms with Crippen LogP contribution in [0, 0.1) is 0 Å². The lowest BCUT2D eigenvalue weighted by Crippen LogP contribution is -2.31. The Morgan fingerprint density at radius 2 is 1.34 bits per heavy atom. The number of ether oxygens (including phenoxy) is 2. The number of benzene rings is 3. The third-order valence-electron chi connectivity index (χ3n) is 4.34. The van der Waals surface area contributed by atoms with Gasteiger partial charge in [-0.15, -0.1) is 0 Å². The van der Waals surface area contributed by atoms with E-state index in [9.17, 15) is 21.6 Å². The molecule has 0 aromatic heterocycles. The molecule has 0 unspecified atom stereocenters. The van der Waals surface area contributed by atoms with Gasteiger partial charge in [0.05, 0.1) is 29.6 Å². The average molecular weight is 476 g/mol. The van der Waals surface area contributed by atoms with Gasteiger partial charge in [0.1, 0.15) is 17.2 Å². The summed E-state index contributed by atoms with van der Waals surface area (Å²) < 4.78 is 61.5. The van der Waals surface area contributed by atoms with Crippen LogP contribution in [-0.2, 0) is 31.1 Å². The number of hydrogen-bond donors (Lipinski definition) is 1. The molecule has 32 heavy (non-hydrogen) atoms. The number of sulfonamides is 1. The summed E-state index contributed by atoms with van der Waals surface area (Å²) in [6.07, 6.45) is 0.449. The van der Waals surface area contributed by atoms with E-state index in [1.165, 1.54) is 42.5 Å². The van der Waals surface area contributed by atoms with Gasteiger partial charge in [-0.1, -0.05) is 18.2 Å². The van der Waals surface area contributed by atoms with Crippen molar-refractivity contribution < 1.29 is 31.1 Å². The van der Waals surface area contributed by atoms with Crippen molar-refractivity contribution >= 4 is 25.8 Å². The molecule has 1 amide bonds. The van der Waals surface area contributed by atoms with E-state index >= 15 is 0 Å². The second-order valence-electron chi connectivity index (χ2n) is 6.83. The zero-order chi connectivity index (χ0) is 23.4. The Hall–Kier alpha value is -3.37. The van der Waals surface area contributed by atoms with Crippen molar-refractivity contribution in [1.82, 2.24) is 4.72 Å². The molecule has 3 aromatic rings. The van der Waals surface area contributed by atoms with Crippen LogP contribution in [0.25, 0.3) is 0 Å². The Kier molecular flexibility index (Phi) is 6.85. The van der Waals surface area contributed by atoms with Gasteiger partial charge in [0.25, 0.3) is 0 Å². The van der Waals surface area contributed by atoms with Crippen LogP contribution >= 0.6 is 0 Å². The lowest BCUT2D eigenvalue weighted by molar-refractivity contribution is -0.118. The number of hydrogen-bond acceptors (Lipinski definition) is 7. The van der Waals surface area contributed by atoms with Crippen molar-refractivity contribution in [2.45, 2.75) is 16.2 Å². The highest BCUT2D eigenvalue weighted by Crippen LogP contribution is 2.28. The first-order valence-corrected chi connectivity index (χ1v) is 12.7. The third kappa shape index (κ3) is 5.86. The van der Waals surface area contributed by atoms with E-state index in [0.717, 1.165) is 6.26 Å². The molecule has 8 nitrogen and oxygen atoms in total. The molecular formula is C22H21NO7S2. The van der Waals surface area contributed by atoms with E-state index in [1.54, 1.807) is 37.4 Å². The van der Waals surface area contributed by atoms with Crippen molar-refractivity contribution in [3.05, 3.63) is 78.4 Å². The van der Waals surface area contributed by atoms with Crippen molar-refractivity contribution in [3.8, 4) is 17.2 Å². The van der Waals surface area contributed by atoms with Gasteiger partial charge >= 0.3 is 0 Å². The fourth-order valence-electron chi connectivity index (χ4n) is 2.92. The number of carbonyl (C=O) groups excluding carboxylic acids is 1. The molecule has 0 saturated carbocycles. The molecule has 168 valence electrons. The maximum atomic E-state index is 13.2. The second kappa shape index (κ2) is 9.41. The van der Waals surface area contributed by atoms with Gasteiger partial charge in [-0.2, -0.15) is 0 Å². The quantitative estimate of drug-likeness (QED) is 0.532. The second-order valence-corrected chi connectivity index (χ2v) is 10.5. The molecule has 0 radical (unpaired) electrons. The molecule has 3 rings (SSSR count). The molecule has 0 spiro atoms. The van der Waals surface area contributed by atoms with Gasteiger partial charge in [0, 0.05) is 0 Å². The molecule has 10 heteroatoms. The van der Waals surface area contributed by atoms with E-state index < -0.39 is 32.2 Å². The minimum atomic E-state index is -3.96. The highest BCUT2D eigenvalue weighted by molar-refractivity contribution is 7.91. The summed E-state index contributed by atoms with van der Waals surface area (Å²) in [5.74, 6) is 0.861. The lowest BCUT2D eigenvalue weighted by Gasteiger charge is -2.11. The highest BCUT2D eigenvalue weighted by atomic mass is 32.2. The van der Waals surface area contributed by atoms with Gasteiger partial charge in [-0.05, 0) is 60.2 Å². The van der Waals surface area contributed by atoms with Gasteiger partial charge in [-0.3, -0.25) is 9.52 Å². The first kappa shape index (κ1) is 23.3. The Morgan fingerprint density at radius 1 is 0.812 bits per heavy atom. The molecule has 0 aliphatic rings. The van der Waals surface area contributed by atoms with Gasteiger partial charge in [0.2, 0.25) is 25.8 Å². The third-order valence-corrected chi connectivity index (χ3v) is 6.81.